The molecule has 24 heavy (non-hydrogen) atoms. The van der Waals surface area contributed by atoms with Crippen molar-refractivity contribution in [2.75, 3.05) is 40.1 Å². The largest absolute Gasteiger partial charge is 0.454 e. The second-order valence-electron chi connectivity index (χ2n) is 4.98. The summed E-state index contributed by atoms with van der Waals surface area (Å²) >= 11 is 0. The molecule has 0 aromatic heterocycles. The van der Waals surface area contributed by atoms with E-state index in [4.69, 9.17) is 19.9 Å². The Hall–Kier alpha value is -2.03. The maximum atomic E-state index is 12.3. The fraction of sp³-hybridized carbons (Fsp3) is 0.467. The molecular formula is C15H22ClN3O5. The maximum absolute atomic E-state index is 12.3. The molecule has 9 heteroatoms. The fourth-order valence-electron chi connectivity index (χ4n) is 2.11. The van der Waals surface area contributed by atoms with E-state index < -0.39 is 0 Å². The molecule has 134 valence electrons. The van der Waals surface area contributed by atoms with Crippen LogP contribution in [0.5, 0.6) is 11.5 Å². The average Bonchev–Trinajstić information content (AvgIpc) is 3.03. The fourth-order valence-corrected chi connectivity index (χ4v) is 2.11. The summed E-state index contributed by atoms with van der Waals surface area (Å²) in [6.07, 6.45) is 0. The molecule has 0 bridgehead atoms. The number of methoxy groups -OCH3 is 1. The van der Waals surface area contributed by atoms with Crippen LogP contribution in [0.3, 0.4) is 0 Å². The highest BCUT2D eigenvalue weighted by atomic mass is 35.5. The number of nitrogens with zero attached hydrogens (tertiary/aromatic N) is 1. The highest BCUT2D eigenvalue weighted by Crippen LogP contribution is 2.32. The number of amides is 2. The van der Waals surface area contributed by atoms with Gasteiger partial charge in [-0.05, 0) is 17.7 Å². The van der Waals surface area contributed by atoms with Gasteiger partial charge >= 0.3 is 0 Å². The Morgan fingerprint density at radius 1 is 1.33 bits per heavy atom. The lowest BCUT2D eigenvalue weighted by Gasteiger charge is -2.23. The standard InChI is InChI=1S/C15H21N3O5.ClH/c1-21-5-4-18(15(20)8-17-14(19)7-16)9-11-2-3-12-13(6-11)23-10-22-12;/h2-3,6H,4-5,7-10,16H2,1H3,(H,17,19);1H. The van der Waals surface area contributed by atoms with Crippen LogP contribution in [0.15, 0.2) is 18.2 Å². The summed E-state index contributed by atoms with van der Waals surface area (Å²) in [4.78, 5) is 25.1. The number of benzene rings is 1. The molecule has 1 aliphatic heterocycles. The minimum atomic E-state index is -0.367. The molecule has 2 rings (SSSR count). The van der Waals surface area contributed by atoms with Gasteiger partial charge in [0.1, 0.15) is 0 Å². The SMILES string of the molecule is COCCN(Cc1ccc2c(c1)OCO2)C(=O)CNC(=O)CN.Cl. The normalized spacial score (nSPS) is 11.6. The van der Waals surface area contributed by atoms with Crippen LogP contribution < -0.4 is 20.5 Å². The molecule has 0 saturated carbocycles. The van der Waals surface area contributed by atoms with Crippen LogP contribution in [0.4, 0.5) is 0 Å². The summed E-state index contributed by atoms with van der Waals surface area (Å²) in [5, 5.41) is 2.48. The van der Waals surface area contributed by atoms with Crippen LogP contribution in [-0.2, 0) is 20.9 Å². The monoisotopic (exact) mass is 359 g/mol. The van der Waals surface area contributed by atoms with E-state index in [9.17, 15) is 9.59 Å². The van der Waals surface area contributed by atoms with Crippen LogP contribution in [0, 0.1) is 0 Å². The van der Waals surface area contributed by atoms with Crippen LogP contribution in [0.2, 0.25) is 0 Å². The maximum Gasteiger partial charge on any atom is 0.242 e. The number of hydrogen-bond donors (Lipinski definition) is 2. The molecule has 1 aliphatic rings. The van der Waals surface area contributed by atoms with E-state index in [0.29, 0.717) is 31.2 Å². The Morgan fingerprint density at radius 2 is 2.08 bits per heavy atom. The van der Waals surface area contributed by atoms with Crippen LogP contribution in [-0.4, -0.2) is 56.9 Å². The lowest BCUT2D eigenvalue weighted by molar-refractivity contribution is -0.133. The second-order valence-corrected chi connectivity index (χ2v) is 4.98. The first kappa shape index (κ1) is 20.0. The van der Waals surface area contributed by atoms with E-state index in [1.807, 2.05) is 18.2 Å². The van der Waals surface area contributed by atoms with Crippen LogP contribution in [0.1, 0.15) is 5.56 Å². The minimum Gasteiger partial charge on any atom is -0.454 e. The molecule has 1 aromatic rings. The third-order valence-corrected chi connectivity index (χ3v) is 3.35. The molecule has 0 saturated heterocycles. The highest BCUT2D eigenvalue weighted by molar-refractivity contribution is 5.85. The summed E-state index contributed by atoms with van der Waals surface area (Å²) in [5.41, 5.74) is 6.11. The van der Waals surface area contributed by atoms with Gasteiger partial charge < -0.3 is 30.2 Å². The number of halogens is 1. The van der Waals surface area contributed by atoms with Crippen LogP contribution in [0.25, 0.3) is 0 Å². The van der Waals surface area contributed by atoms with Crippen molar-refractivity contribution >= 4 is 24.2 Å². The van der Waals surface area contributed by atoms with Gasteiger partial charge in [-0.25, -0.2) is 0 Å². The Labute approximate surface area is 146 Å². The van der Waals surface area contributed by atoms with Crippen molar-refractivity contribution in [3.05, 3.63) is 23.8 Å². The smallest absolute Gasteiger partial charge is 0.242 e. The number of fused-ring (bicyclic) bond motifs is 1. The summed E-state index contributed by atoms with van der Waals surface area (Å²) in [5.74, 6) is 0.784. The van der Waals surface area contributed by atoms with Crippen molar-refractivity contribution in [3.63, 3.8) is 0 Å². The third-order valence-electron chi connectivity index (χ3n) is 3.35. The summed E-state index contributed by atoms with van der Waals surface area (Å²) in [7, 11) is 1.57. The van der Waals surface area contributed by atoms with Gasteiger partial charge in [0.05, 0.1) is 19.7 Å². The Morgan fingerprint density at radius 3 is 2.79 bits per heavy atom. The second kappa shape index (κ2) is 9.96. The Balaban J connectivity index is 0.00000288. The molecule has 1 heterocycles. The number of carbonyl (C=O) groups is 2. The van der Waals surface area contributed by atoms with Gasteiger partial charge in [-0.2, -0.15) is 0 Å². The zero-order chi connectivity index (χ0) is 16.7. The van der Waals surface area contributed by atoms with Gasteiger partial charge in [0, 0.05) is 20.2 Å². The van der Waals surface area contributed by atoms with E-state index in [-0.39, 0.29) is 44.1 Å². The van der Waals surface area contributed by atoms with Crippen molar-refractivity contribution in [2.45, 2.75) is 6.54 Å². The van der Waals surface area contributed by atoms with Crippen molar-refractivity contribution in [1.82, 2.24) is 10.2 Å². The first-order chi connectivity index (χ1) is 11.1. The van der Waals surface area contributed by atoms with E-state index in [0.717, 1.165) is 5.56 Å². The molecule has 0 aliphatic carbocycles. The predicted molar refractivity (Wildman–Crippen MR) is 89.2 cm³/mol. The molecule has 0 unspecified atom stereocenters. The lowest BCUT2D eigenvalue weighted by atomic mass is 10.2. The van der Waals surface area contributed by atoms with Crippen molar-refractivity contribution in [1.29, 1.82) is 0 Å². The minimum absolute atomic E-state index is 0. The molecule has 8 nitrogen and oxygen atoms in total. The van der Waals surface area contributed by atoms with Gasteiger partial charge in [0.25, 0.3) is 0 Å². The number of nitrogens with two attached hydrogens (primary N) is 1. The van der Waals surface area contributed by atoms with Gasteiger partial charge in [0.15, 0.2) is 11.5 Å². The van der Waals surface area contributed by atoms with Gasteiger partial charge in [-0.1, -0.05) is 6.07 Å². The first-order valence-electron chi connectivity index (χ1n) is 7.26. The molecular weight excluding hydrogens is 338 g/mol. The van der Waals surface area contributed by atoms with Gasteiger partial charge in [-0.3, -0.25) is 9.59 Å². The van der Waals surface area contributed by atoms with Crippen molar-refractivity contribution in [2.24, 2.45) is 5.73 Å². The number of nitrogens with one attached hydrogen (secondary N) is 1. The van der Waals surface area contributed by atoms with E-state index in [1.165, 1.54) is 0 Å². The zero-order valence-electron chi connectivity index (χ0n) is 13.4. The van der Waals surface area contributed by atoms with Crippen LogP contribution >= 0.6 is 12.4 Å². The molecule has 0 atom stereocenters. The molecule has 2 amide bonds. The molecule has 3 N–H and O–H groups in total. The predicted octanol–water partition coefficient (Wildman–Crippen LogP) is -0.113. The Kier molecular flexibility index (Phi) is 8.31. The van der Waals surface area contributed by atoms with E-state index >= 15 is 0 Å². The number of ether oxygens (including phenoxy) is 3. The topological polar surface area (TPSA) is 103 Å². The highest BCUT2D eigenvalue weighted by Gasteiger charge is 2.17. The molecule has 0 radical (unpaired) electrons. The van der Waals surface area contributed by atoms with Gasteiger partial charge in [0.2, 0.25) is 18.6 Å². The summed E-state index contributed by atoms with van der Waals surface area (Å²) in [6.45, 7) is 1.18. The summed E-state index contributed by atoms with van der Waals surface area (Å²) in [6, 6.07) is 5.53. The van der Waals surface area contributed by atoms with Crippen molar-refractivity contribution < 1.29 is 23.8 Å². The average molecular weight is 360 g/mol. The third kappa shape index (κ3) is 5.55. The number of rotatable bonds is 8. The number of carbonyl (C=O) groups excluding carboxylic acids is 2. The van der Waals surface area contributed by atoms with Crippen molar-refractivity contribution in [3.8, 4) is 11.5 Å². The number of hydrogen-bond acceptors (Lipinski definition) is 6. The van der Waals surface area contributed by atoms with E-state index in [1.54, 1.807) is 12.0 Å². The zero-order valence-corrected chi connectivity index (χ0v) is 14.3. The van der Waals surface area contributed by atoms with Gasteiger partial charge in [-0.15, -0.1) is 12.4 Å². The molecule has 0 spiro atoms. The first-order valence-corrected chi connectivity index (χ1v) is 7.26. The quantitative estimate of drug-likeness (QED) is 0.671. The Bertz CT molecular complexity index is 570. The summed E-state index contributed by atoms with van der Waals surface area (Å²) < 4.78 is 15.6. The molecule has 0 fully saturated rings. The molecule has 1 aromatic carbocycles. The lowest BCUT2D eigenvalue weighted by Crippen LogP contribution is -2.42. The van der Waals surface area contributed by atoms with E-state index in [2.05, 4.69) is 5.32 Å².